The molecule has 1 aromatic carbocycles. The summed E-state index contributed by atoms with van der Waals surface area (Å²) in [7, 11) is 0. The number of hydrogen-bond acceptors (Lipinski definition) is 4. The zero-order chi connectivity index (χ0) is 20.5. The third kappa shape index (κ3) is 3.65. The van der Waals surface area contributed by atoms with Gasteiger partial charge in [0.1, 0.15) is 23.6 Å². The SMILES string of the molecule is Cc1ccc(CN(C(=O)CN2C(=O)NC(C)(c3ccccc3)C2=O)C(C)C)o1. The molecule has 0 bridgehead atoms. The highest BCUT2D eigenvalue weighted by Gasteiger charge is 2.49. The van der Waals surface area contributed by atoms with Crippen molar-refractivity contribution < 1.29 is 18.8 Å². The number of carbonyl (C=O) groups excluding carboxylic acids is 3. The zero-order valence-electron chi connectivity index (χ0n) is 16.6. The van der Waals surface area contributed by atoms with E-state index < -0.39 is 17.5 Å². The molecule has 1 atom stereocenters. The third-order valence-corrected chi connectivity index (χ3v) is 4.99. The lowest BCUT2D eigenvalue weighted by Gasteiger charge is -2.28. The van der Waals surface area contributed by atoms with E-state index >= 15 is 0 Å². The molecule has 1 aliphatic rings. The lowest BCUT2D eigenvalue weighted by molar-refractivity contribution is -0.140. The van der Waals surface area contributed by atoms with Gasteiger partial charge < -0.3 is 14.6 Å². The number of carbonyl (C=O) groups is 3. The average Bonchev–Trinajstić information content (AvgIpc) is 3.16. The van der Waals surface area contributed by atoms with Gasteiger partial charge in [0.2, 0.25) is 5.91 Å². The number of nitrogens with zero attached hydrogens (tertiary/aromatic N) is 2. The van der Waals surface area contributed by atoms with Gasteiger partial charge in [-0.3, -0.25) is 14.5 Å². The maximum Gasteiger partial charge on any atom is 0.325 e. The molecule has 148 valence electrons. The normalized spacial score (nSPS) is 19.2. The Balaban J connectivity index is 1.77. The van der Waals surface area contributed by atoms with Crippen LogP contribution in [0.5, 0.6) is 0 Å². The van der Waals surface area contributed by atoms with Crippen molar-refractivity contribution in [2.45, 2.75) is 45.8 Å². The van der Waals surface area contributed by atoms with Gasteiger partial charge >= 0.3 is 6.03 Å². The fourth-order valence-corrected chi connectivity index (χ4v) is 3.33. The van der Waals surface area contributed by atoms with Crippen molar-refractivity contribution in [3.63, 3.8) is 0 Å². The second-order valence-electron chi connectivity index (χ2n) is 7.44. The predicted octanol–water partition coefficient (Wildman–Crippen LogP) is 2.79. The van der Waals surface area contributed by atoms with Crippen LogP contribution in [-0.2, 0) is 21.7 Å². The van der Waals surface area contributed by atoms with Gasteiger partial charge in [-0.2, -0.15) is 0 Å². The molecule has 28 heavy (non-hydrogen) atoms. The van der Waals surface area contributed by atoms with Gasteiger partial charge in [-0.15, -0.1) is 0 Å². The summed E-state index contributed by atoms with van der Waals surface area (Å²) in [6.45, 7) is 7.22. The Morgan fingerprint density at radius 1 is 1.18 bits per heavy atom. The van der Waals surface area contributed by atoms with Gasteiger partial charge in [0, 0.05) is 6.04 Å². The van der Waals surface area contributed by atoms with Crippen molar-refractivity contribution >= 4 is 17.8 Å². The summed E-state index contributed by atoms with van der Waals surface area (Å²) in [6.07, 6.45) is 0. The molecule has 0 spiro atoms. The summed E-state index contributed by atoms with van der Waals surface area (Å²) in [6, 6.07) is 12.0. The van der Waals surface area contributed by atoms with Crippen molar-refractivity contribution in [2.75, 3.05) is 6.54 Å². The molecule has 4 amide bonds. The van der Waals surface area contributed by atoms with Gasteiger partial charge in [0.25, 0.3) is 5.91 Å². The lowest BCUT2D eigenvalue weighted by atomic mass is 9.92. The highest BCUT2D eigenvalue weighted by molar-refractivity contribution is 6.09. The van der Waals surface area contributed by atoms with E-state index in [4.69, 9.17) is 4.42 Å². The number of imide groups is 1. The first-order valence-corrected chi connectivity index (χ1v) is 9.27. The summed E-state index contributed by atoms with van der Waals surface area (Å²) in [5, 5.41) is 2.72. The molecule has 0 aliphatic carbocycles. The van der Waals surface area contributed by atoms with Crippen LogP contribution in [0.4, 0.5) is 4.79 Å². The Labute approximate surface area is 164 Å². The van der Waals surface area contributed by atoms with Crippen LogP contribution >= 0.6 is 0 Å². The number of aryl methyl sites for hydroxylation is 1. The fourth-order valence-electron chi connectivity index (χ4n) is 3.33. The van der Waals surface area contributed by atoms with E-state index in [1.165, 1.54) is 0 Å². The highest BCUT2D eigenvalue weighted by atomic mass is 16.3. The van der Waals surface area contributed by atoms with Crippen LogP contribution in [0.2, 0.25) is 0 Å². The van der Waals surface area contributed by atoms with E-state index in [1.807, 2.05) is 39.0 Å². The van der Waals surface area contributed by atoms with Crippen molar-refractivity contribution in [1.82, 2.24) is 15.1 Å². The van der Waals surface area contributed by atoms with Gasteiger partial charge in [0.15, 0.2) is 0 Å². The maximum atomic E-state index is 13.0. The van der Waals surface area contributed by atoms with Crippen LogP contribution in [0.25, 0.3) is 0 Å². The Kier molecular flexibility index (Phi) is 5.27. The molecule has 2 heterocycles. The smallest absolute Gasteiger partial charge is 0.325 e. The van der Waals surface area contributed by atoms with Gasteiger partial charge in [-0.05, 0) is 45.4 Å². The molecule has 0 radical (unpaired) electrons. The van der Waals surface area contributed by atoms with Crippen LogP contribution in [0.15, 0.2) is 46.9 Å². The molecule has 1 N–H and O–H groups in total. The standard InChI is InChI=1S/C21H25N3O4/c1-14(2)23(12-17-11-10-15(3)28-17)18(25)13-24-19(26)21(4,22-20(24)27)16-8-6-5-7-9-16/h5-11,14H,12-13H2,1-4H3,(H,22,27). The van der Waals surface area contributed by atoms with E-state index in [-0.39, 0.29) is 25.0 Å². The van der Waals surface area contributed by atoms with E-state index in [2.05, 4.69) is 5.32 Å². The molecule has 7 heteroatoms. The van der Waals surface area contributed by atoms with E-state index in [1.54, 1.807) is 36.1 Å². The maximum absolute atomic E-state index is 13.0. The molecule has 1 aromatic heterocycles. The lowest BCUT2D eigenvalue weighted by Crippen LogP contribution is -2.46. The van der Waals surface area contributed by atoms with Crippen molar-refractivity contribution in [3.8, 4) is 0 Å². The van der Waals surface area contributed by atoms with Crippen LogP contribution in [0, 0.1) is 6.92 Å². The molecule has 3 rings (SSSR count). The second kappa shape index (κ2) is 7.50. The Bertz CT molecular complexity index is 890. The van der Waals surface area contributed by atoms with E-state index in [0.717, 1.165) is 10.7 Å². The van der Waals surface area contributed by atoms with Gasteiger partial charge in [-0.25, -0.2) is 4.79 Å². The molecule has 0 saturated carbocycles. The molecule has 1 unspecified atom stereocenters. The Morgan fingerprint density at radius 3 is 2.43 bits per heavy atom. The first-order valence-electron chi connectivity index (χ1n) is 9.27. The average molecular weight is 383 g/mol. The van der Waals surface area contributed by atoms with Crippen molar-refractivity contribution in [3.05, 3.63) is 59.5 Å². The number of rotatable bonds is 6. The molecule has 1 aliphatic heterocycles. The topological polar surface area (TPSA) is 82.9 Å². The Morgan fingerprint density at radius 2 is 1.86 bits per heavy atom. The number of hydrogen-bond donors (Lipinski definition) is 1. The van der Waals surface area contributed by atoms with Crippen LogP contribution < -0.4 is 5.32 Å². The fraction of sp³-hybridized carbons (Fsp3) is 0.381. The van der Waals surface area contributed by atoms with Crippen molar-refractivity contribution in [2.24, 2.45) is 0 Å². The summed E-state index contributed by atoms with van der Waals surface area (Å²) in [5.41, 5.74) is -0.505. The molecule has 1 fully saturated rings. The van der Waals surface area contributed by atoms with Crippen LogP contribution in [0.3, 0.4) is 0 Å². The number of amides is 4. The zero-order valence-corrected chi connectivity index (χ0v) is 16.6. The summed E-state index contributed by atoms with van der Waals surface area (Å²) in [5.74, 6) is 0.671. The molecular formula is C21H25N3O4. The van der Waals surface area contributed by atoms with Crippen LogP contribution in [0.1, 0.15) is 37.9 Å². The molecule has 7 nitrogen and oxygen atoms in total. The predicted molar refractivity (Wildman–Crippen MR) is 103 cm³/mol. The molecular weight excluding hydrogens is 358 g/mol. The number of benzene rings is 1. The summed E-state index contributed by atoms with van der Waals surface area (Å²) < 4.78 is 5.56. The first-order chi connectivity index (χ1) is 13.2. The largest absolute Gasteiger partial charge is 0.464 e. The monoisotopic (exact) mass is 383 g/mol. The number of nitrogens with one attached hydrogen (secondary N) is 1. The van der Waals surface area contributed by atoms with Gasteiger partial charge in [-0.1, -0.05) is 30.3 Å². The quantitative estimate of drug-likeness (QED) is 0.778. The highest BCUT2D eigenvalue weighted by Crippen LogP contribution is 2.28. The van der Waals surface area contributed by atoms with E-state index in [0.29, 0.717) is 11.3 Å². The molecule has 2 aromatic rings. The second-order valence-corrected chi connectivity index (χ2v) is 7.44. The minimum atomic E-state index is -1.18. The minimum absolute atomic E-state index is 0.112. The third-order valence-electron chi connectivity index (χ3n) is 4.99. The number of urea groups is 1. The number of furan rings is 1. The van der Waals surface area contributed by atoms with Gasteiger partial charge in [0.05, 0.1) is 6.54 Å². The summed E-state index contributed by atoms with van der Waals surface area (Å²) >= 11 is 0. The van der Waals surface area contributed by atoms with E-state index in [9.17, 15) is 14.4 Å². The minimum Gasteiger partial charge on any atom is -0.464 e. The van der Waals surface area contributed by atoms with Crippen LogP contribution in [-0.4, -0.2) is 40.2 Å². The summed E-state index contributed by atoms with van der Waals surface area (Å²) in [4.78, 5) is 40.9. The Hall–Kier alpha value is -3.09. The van der Waals surface area contributed by atoms with Crippen molar-refractivity contribution in [1.29, 1.82) is 0 Å². The first kappa shape index (κ1) is 19.7. The molecule has 1 saturated heterocycles.